The molecular weight excluding hydrogens is 258 g/mol. The van der Waals surface area contributed by atoms with Crippen LogP contribution >= 0.6 is 0 Å². The minimum Gasteiger partial charge on any atom is -0.368 e. The van der Waals surface area contributed by atoms with Gasteiger partial charge < -0.3 is 15.1 Å². The number of nitrogens with one attached hydrogen (secondary N) is 1. The van der Waals surface area contributed by atoms with E-state index in [0.717, 1.165) is 26.2 Å². The summed E-state index contributed by atoms with van der Waals surface area (Å²) in [7, 11) is 4.28. The van der Waals surface area contributed by atoms with E-state index in [2.05, 4.69) is 81.2 Å². The second-order valence-electron chi connectivity index (χ2n) is 6.55. The van der Waals surface area contributed by atoms with Crippen LogP contribution in [0.25, 0.3) is 0 Å². The number of rotatable bonds is 9. The summed E-state index contributed by atoms with van der Waals surface area (Å²) in [6, 6.07) is 9.29. The van der Waals surface area contributed by atoms with Gasteiger partial charge in [-0.05, 0) is 52.0 Å². The maximum atomic E-state index is 3.56. The van der Waals surface area contributed by atoms with Gasteiger partial charge in [0.25, 0.3) is 0 Å². The average Bonchev–Trinajstić information content (AvgIpc) is 2.40. The van der Waals surface area contributed by atoms with E-state index < -0.39 is 0 Å². The number of nitrogens with zero attached hydrogens (tertiary/aromatic N) is 2. The molecule has 0 aliphatic rings. The standard InChI is InChI=1S/C18H33N3/c1-7-21(16(4)14-20(5)6)18-11-9-8-10-17(18)13-19-12-15(2)3/h8-11,15-16,19H,7,12-14H2,1-6H3. The van der Waals surface area contributed by atoms with Crippen LogP contribution in [0.15, 0.2) is 24.3 Å². The highest BCUT2D eigenvalue weighted by Crippen LogP contribution is 2.22. The molecule has 0 saturated heterocycles. The topological polar surface area (TPSA) is 18.5 Å². The quantitative estimate of drug-likeness (QED) is 0.754. The summed E-state index contributed by atoms with van der Waals surface area (Å²) in [5, 5.41) is 3.56. The van der Waals surface area contributed by atoms with E-state index in [9.17, 15) is 0 Å². The first-order valence-corrected chi connectivity index (χ1v) is 8.15. The Kier molecular flexibility index (Phi) is 7.76. The lowest BCUT2D eigenvalue weighted by Gasteiger charge is -2.33. The van der Waals surface area contributed by atoms with Crippen LogP contribution in [0.2, 0.25) is 0 Å². The molecule has 0 aliphatic carbocycles. The smallest absolute Gasteiger partial charge is 0.0414 e. The van der Waals surface area contributed by atoms with E-state index in [1.54, 1.807) is 0 Å². The molecule has 0 bridgehead atoms. The van der Waals surface area contributed by atoms with Crippen molar-refractivity contribution in [2.45, 2.75) is 40.3 Å². The molecule has 1 rings (SSSR count). The number of likely N-dealkylation sites (N-methyl/N-ethyl adjacent to an activating group) is 2. The molecule has 0 radical (unpaired) electrons. The number of anilines is 1. The fraction of sp³-hybridized carbons (Fsp3) is 0.667. The van der Waals surface area contributed by atoms with Gasteiger partial charge in [0.2, 0.25) is 0 Å². The monoisotopic (exact) mass is 291 g/mol. The number of para-hydroxylation sites is 1. The van der Waals surface area contributed by atoms with Crippen LogP contribution in [0.5, 0.6) is 0 Å². The summed E-state index contributed by atoms with van der Waals surface area (Å²) in [5.74, 6) is 0.687. The van der Waals surface area contributed by atoms with Crippen LogP contribution < -0.4 is 10.2 Å². The molecule has 1 atom stereocenters. The van der Waals surface area contributed by atoms with E-state index in [1.165, 1.54) is 11.3 Å². The first kappa shape index (κ1) is 18.0. The zero-order chi connectivity index (χ0) is 15.8. The second-order valence-corrected chi connectivity index (χ2v) is 6.55. The van der Waals surface area contributed by atoms with Crippen LogP contribution in [0, 0.1) is 5.92 Å². The minimum absolute atomic E-state index is 0.510. The lowest BCUT2D eigenvalue weighted by molar-refractivity contribution is 0.372. The third kappa shape index (κ3) is 6.06. The molecule has 0 aliphatic heterocycles. The Hall–Kier alpha value is -1.06. The van der Waals surface area contributed by atoms with Crippen LogP contribution in [-0.4, -0.2) is 44.7 Å². The van der Waals surface area contributed by atoms with Crippen molar-refractivity contribution in [3.63, 3.8) is 0 Å². The van der Waals surface area contributed by atoms with Crippen molar-refractivity contribution in [1.82, 2.24) is 10.2 Å². The molecule has 0 spiro atoms. The van der Waals surface area contributed by atoms with Crippen molar-refractivity contribution in [1.29, 1.82) is 0 Å². The Labute approximate surface area is 131 Å². The number of benzene rings is 1. The zero-order valence-electron chi connectivity index (χ0n) is 14.7. The molecular formula is C18H33N3. The lowest BCUT2D eigenvalue weighted by Crippen LogP contribution is -2.40. The Morgan fingerprint density at radius 3 is 2.33 bits per heavy atom. The highest BCUT2D eigenvalue weighted by Gasteiger charge is 2.16. The molecule has 0 heterocycles. The maximum Gasteiger partial charge on any atom is 0.0414 e. The van der Waals surface area contributed by atoms with Crippen LogP contribution in [-0.2, 0) is 6.54 Å². The fourth-order valence-electron chi connectivity index (χ4n) is 2.78. The van der Waals surface area contributed by atoms with E-state index in [1.807, 2.05) is 0 Å². The van der Waals surface area contributed by atoms with Gasteiger partial charge in [-0.25, -0.2) is 0 Å². The van der Waals surface area contributed by atoms with Gasteiger partial charge in [-0.1, -0.05) is 32.0 Å². The summed E-state index contributed by atoms with van der Waals surface area (Å²) in [4.78, 5) is 4.76. The second kappa shape index (κ2) is 9.06. The van der Waals surface area contributed by atoms with Gasteiger partial charge >= 0.3 is 0 Å². The normalized spacial score (nSPS) is 13.0. The van der Waals surface area contributed by atoms with Crippen molar-refractivity contribution in [2.24, 2.45) is 5.92 Å². The molecule has 3 heteroatoms. The van der Waals surface area contributed by atoms with Gasteiger partial charge in [0, 0.05) is 31.4 Å². The third-order valence-corrected chi connectivity index (χ3v) is 3.67. The predicted molar refractivity (Wildman–Crippen MR) is 94.0 cm³/mol. The van der Waals surface area contributed by atoms with E-state index >= 15 is 0 Å². The molecule has 0 amide bonds. The van der Waals surface area contributed by atoms with Gasteiger partial charge in [0.1, 0.15) is 0 Å². The van der Waals surface area contributed by atoms with E-state index in [-0.39, 0.29) is 0 Å². The molecule has 1 N–H and O–H groups in total. The summed E-state index contributed by atoms with van der Waals surface area (Å²) in [5.41, 5.74) is 2.76. The van der Waals surface area contributed by atoms with Gasteiger partial charge in [0.15, 0.2) is 0 Å². The van der Waals surface area contributed by atoms with Crippen molar-refractivity contribution < 1.29 is 0 Å². The summed E-state index contributed by atoms with van der Waals surface area (Å²) in [6.07, 6.45) is 0. The largest absolute Gasteiger partial charge is 0.368 e. The SMILES string of the molecule is CCN(c1ccccc1CNCC(C)C)C(C)CN(C)C. The van der Waals surface area contributed by atoms with Crippen LogP contribution in [0.4, 0.5) is 5.69 Å². The Morgan fingerprint density at radius 1 is 1.10 bits per heavy atom. The Morgan fingerprint density at radius 2 is 1.76 bits per heavy atom. The van der Waals surface area contributed by atoms with Gasteiger partial charge in [-0.2, -0.15) is 0 Å². The Bertz CT molecular complexity index is 401. The molecule has 1 aromatic carbocycles. The van der Waals surface area contributed by atoms with Crippen LogP contribution in [0.1, 0.15) is 33.3 Å². The van der Waals surface area contributed by atoms with Gasteiger partial charge in [-0.15, -0.1) is 0 Å². The molecule has 0 aromatic heterocycles. The first-order valence-electron chi connectivity index (χ1n) is 8.15. The number of hydrogen-bond donors (Lipinski definition) is 1. The highest BCUT2D eigenvalue weighted by molar-refractivity contribution is 5.54. The molecule has 120 valence electrons. The van der Waals surface area contributed by atoms with Gasteiger partial charge in [-0.3, -0.25) is 0 Å². The first-order chi connectivity index (χ1) is 9.95. The van der Waals surface area contributed by atoms with Gasteiger partial charge in [0.05, 0.1) is 0 Å². The zero-order valence-corrected chi connectivity index (χ0v) is 14.7. The number of hydrogen-bond acceptors (Lipinski definition) is 3. The molecule has 0 fully saturated rings. The Balaban J connectivity index is 2.83. The van der Waals surface area contributed by atoms with E-state index in [4.69, 9.17) is 0 Å². The molecule has 1 unspecified atom stereocenters. The predicted octanol–water partition coefficient (Wildman–Crippen LogP) is 3.21. The summed E-state index contributed by atoms with van der Waals surface area (Å²) in [6.45, 7) is 13.2. The van der Waals surface area contributed by atoms with Crippen LogP contribution in [0.3, 0.4) is 0 Å². The minimum atomic E-state index is 0.510. The summed E-state index contributed by atoms with van der Waals surface area (Å²) < 4.78 is 0. The molecule has 0 saturated carbocycles. The molecule has 1 aromatic rings. The highest BCUT2D eigenvalue weighted by atomic mass is 15.2. The van der Waals surface area contributed by atoms with Crippen molar-refractivity contribution >= 4 is 5.69 Å². The van der Waals surface area contributed by atoms with E-state index in [0.29, 0.717) is 12.0 Å². The summed E-state index contributed by atoms with van der Waals surface area (Å²) >= 11 is 0. The lowest BCUT2D eigenvalue weighted by atomic mass is 10.1. The van der Waals surface area contributed by atoms with Crippen molar-refractivity contribution in [3.05, 3.63) is 29.8 Å². The van der Waals surface area contributed by atoms with Crippen molar-refractivity contribution in [2.75, 3.05) is 38.6 Å². The average molecular weight is 291 g/mol. The third-order valence-electron chi connectivity index (χ3n) is 3.67. The maximum absolute atomic E-state index is 3.56. The molecule has 3 nitrogen and oxygen atoms in total. The van der Waals surface area contributed by atoms with Crippen molar-refractivity contribution in [3.8, 4) is 0 Å². The fourth-order valence-corrected chi connectivity index (χ4v) is 2.78. The molecule has 21 heavy (non-hydrogen) atoms.